The zero-order valence-electron chi connectivity index (χ0n) is 12.9. The molecule has 0 bridgehead atoms. The largest absolute Gasteiger partial charge is 0.394 e. The van der Waals surface area contributed by atoms with Crippen molar-refractivity contribution in [3.05, 3.63) is 5.69 Å². The number of nitrogen functional groups attached to an aromatic ring is 1. The van der Waals surface area contributed by atoms with E-state index in [0.717, 1.165) is 37.4 Å². The lowest BCUT2D eigenvalue weighted by Crippen LogP contribution is -2.38. The van der Waals surface area contributed by atoms with Gasteiger partial charge in [-0.2, -0.15) is 5.10 Å². The fourth-order valence-electron chi connectivity index (χ4n) is 2.63. The van der Waals surface area contributed by atoms with Gasteiger partial charge in [0.15, 0.2) is 5.82 Å². The van der Waals surface area contributed by atoms with E-state index in [-0.39, 0.29) is 11.9 Å². The molecule has 6 heteroatoms. The highest BCUT2D eigenvalue weighted by molar-refractivity contribution is 5.82. The van der Waals surface area contributed by atoms with Crippen LogP contribution in [0.25, 0.3) is 0 Å². The maximum Gasteiger partial charge on any atom is 0.242 e. The molecule has 0 aromatic carbocycles. The molecule has 2 N–H and O–H groups in total. The quantitative estimate of drug-likeness (QED) is 0.905. The van der Waals surface area contributed by atoms with Gasteiger partial charge in [0.25, 0.3) is 0 Å². The van der Waals surface area contributed by atoms with Crippen LogP contribution < -0.4 is 10.6 Å². The Kier molecular flexibility index (Phi) is 4.20. The number of hydrogen-bond acceptors (Lipinski definition) is 4. The summed E-state index contributed by atoms with van der Waals surface area (Å²) in [5.74, 6) is 1.00. The number of hydrogen-bond donors (Lipinski definition) is 1. The highest BCUT2D eigenvalue weighted by Gasteiger charge is 2.23. The van der Waals surface area contributed by atoms with E-state index < -0.39 is 0 Å². The summed E-state index contributed by atoms with van der Waals surface area (Å²) in [6.07, 6.45) is 2.22. The minimum atomic E-state index is 0.165. The van der Waals surface area contributed by atoms with Crippen molar-refractivity contribution in [3.8, 4) is 0 Å². The molecule has 1 saturated heterocycles. The molecule has 1 aliphatic rings. The monoisotopic (exact) mass is 279 g/mol. The number of aromatic nitrogens is 2. The normalized spacial score (nSPS) is 15.2. The van der Waals surface area contributed by atoms with Gasteiger partial charge in [-0.15, -0.1) is 0 Å². The molecule has 0 spiro atoms. The Labute approximate surface area is 120 Å². The molecule has 20 heavy (non-hydrogen) atoms. The minimum Gasteiger partial charge on any atom is -0.394 e. The van der Waals surface area contributed by atoms with Crippen LogP contribution in [-0.2, 0) is 4.79 Å². The Morgan fingerprint density at radius 3 is 2.55 bits per heavy atom. The van der Waals surface area contributed by atoms with E-state index in [1.807, 2.05) is 28.5 Å². The van der Waals surface area contributed by atoms with Crippen molar-refractivity contribution in [3.63, 3.8) is 0 Å². The Morgan fingerprint density at radius 1 is 1.40 bits per heavy atom. The molecule has 2 heterocycles. The van der Waals surface area contributed by atoms with Gasteiger partial charge in [-0.3, -0.25) is 4.79 Å². The lowest BCUT2D eigenvalue weighted by atomic mass is 10.3. The number of nitrogens with two attached hydrogens (primary N) is 1. The highest BCUT2D eigenvalue weighted by atomic mass is 16.2. The van der Waals surface area contributed by atoms with Crippen LogP contribution in [0.5, 0.6) is 0 Å². The van der Waals surface area contributed by atoms with Gasteiger partial charge in [-0.25, -0.2) is 4.68 Å². The molecule has 1 amide bonds. The van der Waals surface area contributed by atoms with E-state index in [4.69, 9.17) is 5.73 Å². The van der Waals surface area contributed by atoms with Crippen LogP contribution in [0.3, 0.4) is 0 Å². The molecule has 0 radical (unpaired) electrons. The van der Waals surface area contributed by atoms with Gasteiger partial charge in [-0.05, 0) is 33.6 Å². The van der Waals surface area contributed by atoms with Crippen molar-refractivity contribution in [2.45, 2.75) is 39.7 Å². The van der Waals surface area contributed by atoms with Crippen LogP contribution in [-0.4, -0.2) is 47.3 Å². The van der Waals surface area contributed by atoms with Crippen molar-refractivity contribution >= 4 is 17.4 Å². The van der Waals surface area contributed by atoms with Crippen LogP contribution in [0.4, 0.5) is 11.5 Å². The number of carbonyl (C=O) groups excluding carboxylic acids is 1. The molecule has 1 fully saturated rings. The van der Waals surface area contributed by atoms with Crippen LogP contribution in [0, 0.1) is 6.92 Å². The second-order valence-electron chi connectivity index (χ2n) is 5.80. The van der Waals surface area contributed by atoms with Crippen LogP contribution in [0.2, 0.25) is 0 Å². The zero-order valence-corrected chi connectivity index (χ0v) is 12.9. The molecular weight excluding hydrogens is 254 g/mol. The predicted octanol–water partition coefficient (Wildman–Crippen LogP) is 1.41. The Bertz CT molecular complexity index is 488. The van der Waals surface area contributed by atoms with Crippen molar-refractivity contribution in [1.29, 1.82) is 0 Å². The van der Waals surface area contributed by atoms with E-state index >= 15 is 0 Å². The number of amides is 1. The van der Waals surface area contributed by atoms with Crippen LogP contribution in [0.1, 0.15) is 38.4 Å². The summed E-state index contributed by atoms with van der Waals surface area (Å²) in [6, 6.07) is 0.213. The van der Waals surface area contributed by atoms with Crippen LogP contribution >= 0.6 is 0 Å². The highest BCUT2D eigenvalue weighted by Crippen LogP contribution is 2.28. The summed E-state index contributed by atoms with van der Waals surface area (Å²) in [4.78, 5) is 16.1. The van der Waals surface area contributed by atoms with Crippen molar-refractivity contribution in [2.24, 2.45) is 0 Å². The smallest absolute Gasteiger partial charge is 0.242 e. The SMILES string of the molecule is Cc1nn(C(C)C)c(N(C)CC(=O)N2CCCC2)c1N. The lowest BCUT2D eigenvalue weighted by Gasteiger charge is -2.24. The summed E-state index contributed by atoms with van der Waals surface area (Å²) in [5, 5.41) is 4.46. The zero-order chi connectivity index (χ0) is 14.9. The van der Waals surface area contributed by atoms with Gasteiger partial charge in [0.05, 0.1) is 17.9 Å². The molecule has 0 unspecified atom stereocenters. The third-order valence-corrected chi connectivity index (χ3v) is 3.79. The van der Waals surface area contributed by atoms with E-state index in [2.05, 4.69) is 18.9 Å². The molecule has 1 aliphatic heterocycles. The van der Waals surface area contributed by atoms with E-state index in [1.54, 1.807) is 0 Å². The molecule has 6 nitrogen and oxygen atoms in total. The van der Waals surface area contributed by atoms with E-state index in [9.17, 15) is 4.79 Å². The molecule has 0 saturated carbocycles. The van der Waals surface area contributed by atoms with E-state index in [1.165, 1.54) is 0 Å². The molecule has 0 aliphatic carbocycles. The molecule has 2 rings (SSSR count). The first kappa shape index (κ1) is 14.7. The molecule has 1 aromatic heterocycles. The molecular formula is C14H25N5O. The van der Waals surface area contributed by atoms with Gasteiger partial charge >= 0.3 is 0 Å². The standard InChI is InChI=1S/C14H25N5O/c1-10(2)19-14(13(15)11(3)16-19)17(4)9-12(20)18-7-5-6-8-18/h10H,5-9,15H2,1-4H3. The number of anilines is 2. The first-order valence-electron chi connectivity index (χ1n) is 7.25. The van der Waals surface area contributed by atoms with Gasteiger partial charge in [0.1, 0.15) is 0 Å². The van der Waals surface area contributed by atoms with Gasteiger partial charge < -0.3 is 15.5 Å². The number of aryl methyl sites for hydroxylation is 1. The van der Waals surface area contributed by atoms with Gasteiger partial charge in [0, 0.05) is 26.2 Å². The Balaban J connectivity index is 2.16. The molecule has 1 aromatic rings. The summed E-state index contributed by atoms with van der Waals surface area (Å²) in [7, 11) is 1.90. The van der Waals surface area contributed by atoms with Crippen LogP contribution in [0.15, 0.2) is 0 Å². The number of likely N-dealkylation sites (tertiary alicyclic amines) is 1. The summed E-state index contributed by atoms with van der Waals surface area (Å²) in [6.45, 7) is 8.13. The molecule has 0 atom stereocenters. The number of nitrogens with zero attached hydrogens (tertiary/aromatic N) is 4. The number of likely N-dealkylation sites (N-methyl/N-ethyl adjacent to an activating group) is 1. The van der Waals surface area contributed by atoms with Crippen molar-refractivity contribution in [1.82, 2.24) is 14.7 Å². The topological polar surface area (TPSA) is 67.4 Å². The second kappa shape index (κ2) is 5.73. The van der Waals surface area contributed by atoms with Crippen molar-refractivity contribution in [2.75, 3.05) is 37.3 Å². The van der Waals surface area contributed by atoms with Crippen molar-refractivity contribution < 1.29 is 4.79 Å². The number of carbonyl (C=O) groups is 1. The van der Waals surface area contributed by atoms with E-state index in [0.29, 0.717) is 12.2 Å². The first-order valence-corrected chi connectivity index (χ1v) is 7.25. The number of rotatable bonds is 4. The fraction of sp³-hybridized carbons (Fsp3) is 0.714. The second-order valence-corrected chi connectivity index (χ2v) is 5.80. The first-order chi connectivity index (χ1) is 9.41. The fourth-order valence-corrected chi connectivity index (χ4v) is 2.63. The third-order valence-electron chi connectivity index (χ3n) is 3.79. The Morgan fingerprint density at radius 2 is 2.00 bits per heavy atom. The average molecular weight is 279 g/mol. The Hall–Kier alpha value is -1.72. The summed E-state index contributed by atoms with van der Waals surface area (Å²) >= 11 is 0. The lowest BCUT2D eigenvalue weighted by molar-refractivity contribution is -0.128. The van der Waals surface area contributed by atoms with Gasteiger partial charge in [-0.1, -0.05) is 0 Å². The summed E-state index contributed by atoms with van der Waals surface area (Å²) in [5.41, 5.74) is 7.60. The maximum absolute atomic E-state index is 12.2. The van der Waals surface area contributed by atoms with Gasteiger partial charge in [0.2, 0.25) is 5.91 Å². The predicted molar refractivity (Wildman–Crippen MR) is 80.8 cm³/mol. The average Bonchev–Trinajstić information content (AvgIpc) is 2.99. The third kappa shape index (κ3) is 2.73. The maximum atomic E-state index is 12.2. The summed E-state index contributed by atoms with van der Waals surface area (Å²) < 4.78 is 1.89. The molecule has 112 valence electrons. The minimum absolute atomic E-state index is 0.165.